The van der Waals surface area contributed by atoms with Crippen LogP contribution in [0.1, 0.15) is 54.1 Å². The molecule has 1 spiro atoms. The largest absolute Gasteiger partial charge is 0.480 e. The van der Waals surface area contributed by atoms with E-state index >= 15 is 0 Å². The minimum Gasteiger partial charge on any atom is -0.480 e. The summed E-state index contributed by atoms with van der Waals surface area (Å²) in [6.07, 6.45) is 1.22. The highest BCUT2D eigenvalue weighted by molar-refractivity contribution is 5.83. The lowest BCUT2D eigenvalue weighted by Crippen LogP contribution is -2.74. The quantitative estimate of drug-likeness (QED) is 0.325. The summed E-state index contributed by atoms with van der Waals surface area (Å²) in [7, 11) is 1.98. The number of ether oxygens (including phenoxy) is 3. The van der Waals surface area contributed by atoms with Crippen molar-refractivity contribution in [2.75, 3.05) is 13.6 Å². The monoisotopic (exact) mass is 514 g/mol. The number of carboxylic acid groups (broad SMARTS) is 1. The Morgan fingerprint density at radius 1 is 1.35 bits per heavy atom. The lowest BCUT2D eigenvalue weighted by molar-refractivity contribution is -0.175. The first-order valence-electron chi connectivity index (χ1n) is 12.3. The first-order valence-corrected chi connectivity index (χ1v) is 12.3. The van der Waals surface area contributed by atoms with Gasteiger partial charge in [-0.2, -0.15) is 0 Å². The van der Waals surface area contributed by atoms with Crippen LogP contribution in [0.4, 0.5) is 0 Å². The number of carboxylic acids is 1. The van der Waals surface area contributed by atoms with E-state index in [0.717, 1.165) is 17.4 Å². The first kappa shape index (κ1) is 25.4. The number of esters is 2. The molecule has 4 N–H and O–H groups in total. The predicted molar refractivity (Wildman–Crippen MR) is 127 cm³/mol. The third-order valence-electron chi connectivity index (χ3n) is 8.37. The Morgan fingerprint density at radius 3 is 2.81 bits per heavy atom. The van der Waals surface area contributed by atoms with Gasteiger partial charge < -0.3 is 35.1 Å². The molecule has 0 aromatic heterocycles. The fourth-order valence-corrected chi connectivity index (χ4v) is 6.47. The van der Waals surface area contributed by atoms with E-state index in [4.69, 9.17) is 25.1 Å². The number of aldehydes is 1. The van der Waals surface area contributed by atoms with Crippen LogP contribution >= 0.6 is 0 Å². The number of aliphatic carboxylic acids is 1. The Kier molecular flexibility index (Phi) is 6.12. The van der Waals surface area contributed by atoms with Gasteiger partial charge in [0, 0.05) is 24.4 Å². The number of likely N-dealkylation sites (N-methyl/N-ethyl adjacent to an activating group) is 1. The summed E-state index contributed by atoms with van der Waals surface area (Å²) < 4.78 is 17.2. The maximum Gasteiger partial charge on any atom is 0.352 e. The third kappa shape index (κ3) is 3.67. The summed E-state index contributed by atoms with van der Waals surface area (Å²) in [5.74, 6) is -2.23. The van der Waals surface area contributed by atoms with Crippen LogP contribution in [0.15, 0.2) is 24.0 Å². The second-order valence-electron chi connectivity index (χ2n) is 10.3. The minimum absolute atomic E-state index is 0.132. The zero-order valence-corrected chi connectivity index (χ0v) is 20.6. The van der Waals surface area contributed by atoms with Gasteiger partial charge in [-0.25, -0.2) is 4.79 Å². The number of hydrogen-bond acceptors (Lipinski definition) is 10. The van der Waals surface area contributed by atoms with Gasteiger partial charge in [0.1, 0.15) is 17.6 Å². The number of likely N-dealkylation sites (tertiary alicyclic amines) is 1. The normalized spacial score (nSPS) is 30.8. The highest BCUT2D eigenvalue weighted by Crippen LogP contribution is 2.64. The van der Waals surface area contributed by atoms with E-state index in [1.54, 1.807) is 12.1 Å². The van der Waals surface area contributed by atoms with E-state index in [-0.39, 0.29) is 31.1 Å². The molecule has 2 bridgehead atoms. The summed E-state index contributed by atoms with van der Waals surface area (Å²) in [5, 5.41) is 21.0. The average molecular weight is 515 g/mol. The van der Waals surface area contributed by atoms with E-state index in [9.17, 15) is 24.3 Å². The van der Waals surface area contributed by atoms with Crippen molar-refractivity contribution in [2.24, 2.45) is 5.73 Å². The molecular weight excluding hydrogens is 484 g/mol. The molecule has 4 aliphatic rings. The lowest BCUT2D eigenvalue weighted by atomic mass is 9.50. The summed E-state index contributed by atoms with van der Waals surface area (Å²) in [4.78, 5) is 49.8. The molecule has 1 aromatic rings. The zero-order valence-electron chi connectivity index (χ0n) is 20.6. The van der Waals surface area contributed by atoms with Gasteiger partial charge in [0.2, 0.25) is 0 Å². The van der Waals surface area contributed by atoms with Crippen LogP contribution in [-0.4, -0.2) is 82.8 Å². The Balaban J connectivity index is 1.40. The van der Waals surface area contributed by atoms with Gasteiger partial charge in [0.15, 0.2) is 18.5 Å². The van der Waals surface area contributed by atoms with Gasteiger partial charge in [-0.1, -0.05) is 6.07 Å². The second kappa shape index (κ2) is 8.93. The Morgan fingerprint density at radius 2 is 2.11 bits per heavy atom. The van der Waals surface area contributed by atoms with E-state index in [1.807, 2.05) is 13.1 Å². The number of aliphatic hydroxyl groups is 1. The van der Waals surface area contributed by atoms with Crippen LogP contribution in [0.3, 0.4) is 0 Å². The molecule has 2 aliphatic heterocycles. The summed E-state index contributed by atoms with van der Waals surface area (Å²) in [6.45, 7) is 2.04. The number of carbonyl (C=O) groups is 4. The van der Waals surface area contributed by atoms with E-state index in [2.05, 4.69) is 4.90 Å². The zero-order chi connectivity index (χ0) is 26.7. The standard InChI is InChI=1S/C26H30N2O9/c1-13(35-19(30)6-5-16(27)23(31)32)24(33)36-17-7-8-26(34)18-11-14-3-4-15(12-29)21-20(14)25(26,22(17)37-21)9-10-28(18)2/h3-4,7,12-13,16,18,22,34H,5-6,8-11,27H2,1-2H3,(H,31,32)/t13-,16?,18+,22-,25-,26+/m0/s1. The molecule has 1 aromatic carbocycles. The Bertz CT molecular complexity index is 1210. The molecule has 1 fully saturated rings. The molecular formula is C26H30N2O9. The molecule has 11 nitrogen and oxygen atoms in total. The molecule has 37 heavy (non-hydrogen) atoms. The number of carbonyl (C=O) groups excluding carboxylic acids is 3. The van der Waals surface area contributed by atoms with Crippen LogP contribution in [0.25, 0.3) is 0 Å². The molecule has 198 valence electrons. The highest BCUT2D eigenvalue weighted by atomic mass is 16.6. The number of benzene rings is 1. The third-order valence-corrected chi connectivity index (χ3v) is 8.37. The van der Waals surface area contributed by atoms with Crippen molar-refractivity contribution in [1.29, 1.82) is 0 Å². The number of rotatable bonds is 8. The maximum atomic E-state index is 12.9. The van der Waals surface area contributed by atoms with Crippen LogP contribution in [0.2, 0.25) is 0 Å². The first-order chi connectivity index (χ1) is 17.5. The second-order valence-corrected chi connectivity index (χ2v) is 10.3. The van der Waals surface area contributed by atoms with Crippen LogP contribution in [-0.2, 0) is 35.7 Å². The topological polar surface area (TPSA) is 166 Å². The van der Waals surface area contributed by atoms with Gasteiger partial charge in [-0.15, -0.1) is 0 Å². The van der Waals surface area contributed by atoms with Gasteiger partial charge >= 0.3 is 17.9 Å². The molecule has 2 aliphatic carbocycles. The van der Waals surface area contributed by atoms with Crippen molar-refractivity contribution >= 4 is 24.2 Å². The molecule has 0 saturated carbocycles. The summed E-state index contributed by atoms with van der Waals surface area (Å²) >= 11 is 0. The van der Waals surface area contributed by atoms with Crippen molar-refractivity contribution in [3.63, 3.8) is 0 Å². The number of piperidine rings is 1. The molecule has 11 heteroatoms. The van der Waals surface area contributed by atoms with Gasteiger partial charge in [-0.3, -0.25) is 14.4 Å². The van der Waals surface area contributed by atoms with E-state index < -0.39 is 47.2 Å². The van der Waals surface area contributed by atoms with Gasteiger partial charge in [-0.05, 0) is 57.5 Å². The highest BCUT2D eigenvalue weighted by Gasteiger charge is 2.72. The molecule has 2 heterocycles. The van der Waals surface area contributed by atoms with Gasteiger partial charge in [0.05, 0.1) is 16.6 Å². The molecule has 1 saturated heterocycles. The van der Waals surface area contributed by atoms with Crippen molar-refractivity contribution in [3.8, 4) is 5.75 Å². The Labute approximate surface area is 213 Å². The molecule has 5 rings (SSSR count). The molecule has 0 radical (unpaired) electrons. The predicted octanol–water partition coefficient (Wildman–Crippen LogP) is 0.444. The van der Waals surface area contributed by atoms with Gasteiger partial charge in [0.25, 0.3) is 0 Å². The summed E-state index contributed by atoms with van der Waals surface area (Å²) in [5.41, 5.74) is 5.49. The SMILES string of the molecule is C[C@H](OC(=O)CCC(N)C(=O)O)C(=O)OC1=CC[C@@]2(O)[C@H]3Cc4ccc(C=O)c5c4[C@@]2(CCN3C)[C@H]1O5. The maximum absolute atomic E-state index is 12.9. The van der Waals surface area contributed by atoms with E-state index in [0.29, 0.717) is 30.7 Å². The van der Waals surface area contributed by atoms with Crippen LogP contribution < -0.4 is 10.5 Å². The van der Waals surface area contributed by atoms with Crippen molar-refractivity contribution in [3.05, 3.63) is 40.7 Å². The van der Waals surface area contributed by atoms with Crippen LogP contribution in [0, 0.1) is 0 Å². The summed E-state index contributed by atoms with van der Waals surface area (Å²) in [6, 6.07) is 2.22. The number of hydrogen-bond donors (Lipinski definition) is 3. The van der Waals surface area contributed by atoms with Crippen molar-refractivity contribution in [1.82, 2.24) is 4.90 Å². The Hall–Kier alpha value is -3.28. The number of nitrogens with two attached hydrogens (primary N) is 1. The van der Waals surface area contributed by atoms with Crippen molar-refractivity contribution in [2.45, 2.75) is 74.3 Å². The fraction of sp³-hybridized carbons (Fsp3) is 0.538. The van der Waals surface area contributed by atoms with Crippen molar-refractivity contribution < 1.29 is 43.6 Å². The lowest BCUT2D eigenvalue weighted by Gasteiger charge is -2.61. The number of nitrogens with zero attached hydrogens (tertiary/aromatic N) is 1. The van der Waals surface area contributed by atoms with E-state index in [1.165, 1.54) is 6.92 Å². The minimum atomic E-state index is -1.27. The molecule has 0 amide bonds. The molecule has 6 atom stereocenters. The smallest absolute Gasteiger partial charge is 0.352 e. The molecule has 1 unspecified atom stereocenters. The average Bonchev–Trinajstić information content (AvgIpc) is 3.22. The fourth-order valence-electron chi connectivity index (χ4n) is 6.47. The van der Waals surface area contributed by atoms with Crippen LogP contribution in [0.5, 0.6) is 5.75 Å².